The molecule has 0 bridgehead atoms. The van der Waals surface area contributed by atoms with Gasteiger partial charge >= 0.3 is 0 Å². The van der Waals surface area contributed by atoms with E-state index < -0.39 is 11.0 Å². The molecule has 0 fully saturated rings. The van der Waals surface area contributed by atoms with Gasteiger partial charge in [-0.25, -0.2) is 0 Å². The molecule has 0 amide bonds. The monoisotopic (exact) mass is 211 g/mol. The maximum absolute atomic E-state index is 10.4. The van der Waals surface area contributed by atoms with Crippen LogP contribution in [0.1, 0.15) is 11.6 Å². The minimum atomic E-state index is -0.942. The first-order chi connectivity index (χ1) is 6.56. The zero-order chi connectivity index (χ0) is 10.7. The van der Waals surface area contributed by atoms with Crippen molar-refractivity contribution in [2.24, 2.45) is 5.73 Å². The van der Waals surface area contributed by atoms with Gasteiger partial charge in [-0.15, -0.1) is 0 Å². The van der Waals surface area contributed by atoms with Crippen LogP contribution in [0.2, 0.25) is 5.02 Å². The lowest BCUT2D eigenvalue weighted by atomic mass is 10.1. The molecule has 1 aromatic rings. The first-order valence-electron chi connectivity index (χ1n) is 3.65. The van der Waals surface area contributed by atoms with E-state index in [9.17, 15) is 10.1 Å². The SMILES string of the molecule is N#C[C@H](N)c1cc([N+](=O)[O-])ccc1Cl. The Balaban J connectivity index is 3.23. The molecule has 0 unspecified atom stereocenters. The van der Waals surface area contributed by atoms with E-state index >= 15 is 0 Å². The van der Waals surface area contributed by atoms with E-state index in [1.54, 1.807) is 6.07 Å². The molecule has 5 nitrogen and oxygen atoms in total. The summed E-state index contributed by atoms with van der Waals surface area (Å²) in [6.07, 6.45) is 0. The Bertz CT molecular complexity index is 414. The van der Waals surface area contributed by atoms with E-state index in [4.69, 9.17) is 22.6 Å². The van der Waals surface area contributed by atoms with Crippen molar-refractivity contribution in [2.45, 2.75) is 6.04 Å². The van der Waals surface area contributed by atoms with Gasteiger partial charge in [0.25, 0.3) is 5.69 Å². The van der Waals surface area contributed by atoms with Crippen LogP contribution in [0.15, 0.2) is 18.2 Å². The Kier molecular flexibility index (Phi) is 3.02. The lowest BCUT2D eigenvalue weighted by Crippen LogP contribution is -2.08. The molecule has 0 aromatic heterocycles. The van der Waals surface area contributed by atoms with Gasteiger partial charge in [0.2, 0.25) is 0 Å². The van der Waals surface area contributed by atoms with Crippen molar-refractivity contribution in [1.82, 2.24) is 0 Å². The van der Waals surface area contributed by atoms with Crippen molar-refractivity contribution < 1.29 is 4.92 Å². The van der Waals surface area contributed by atoms with Gasteiger partial charge in [-0.2, -0.15) is 5.26 Å². The lowest BCUT2D eigenvalue weighted by Gasteiger charge is -2.04. The highest BCUT2D eigenvalue weighted by Crippen LogP contribution is 2.25. The van der Waals surface area contributed by atoms with Crippen molar-refractivity contribution in [3.8, 4) is 6.07 Å². The van der Waals surface area contributed by atoms with E-state index in [0.717, 1.165) is 0 Å². The molecule has 1 aromatic carbocycles. The number of nitriles is 1. The van der Waals surface area contributed by atoms with Crippen LogP contribution in [0.3, 0.4) is 0 Å². The molecule has 0 aliphatic carbocycles. The minimum absolute atomic E-state index is 0.130. The summed E-state index contributed by atoms with van der Waals surface area (Å²) in [5.41, 5.74) is 5.53. The second kappa shape index (κ2) is 4.05. The van der Waals surface area contributed by atoms with Crippen LogP contribution in [0.4, 0.5) is 5.69 Å². The third-order valence-corrected chi connectivity index (χ3v) is 2.01. The van der Waals surface area contributed by atoms with Crippen LogP contribution in [0.25, 0.3) is 0 Å². The zero-order valence-electron chi connectivity index (χ0n) is 6.98. The van der Waals surface area contributed by atoms with Crippen molar-refractivity contribution in [3.05, 3.63) is 38.9 Å². The van der Waals surface area contributed by atoms with Crippen molar-refractivity contribution in [1.29, 1.82) is 5.26 Å². The van der Waals surface area contributed by atoms with E-state index in [0.29, 0.717) is 0 Å². The molecule has 0 radical (unpaired) electrons. The van der Waals surface area contributed by atoms with E-state index in [1.807, 2.05) is 0 Å². The Morgan fingerprint density at radius 2 is 2.29 bits per heavy atom. The molecule has 6 heteroatoms. The van der Waals surface area contributed by atoms with E-state index in [2.05, 4.69) is 0 Å². The van der Waals surface area contributed by atoms with Gasteiger partial charge in [-0.3, -0.25) is 10.1 Å². The number of benzene rings is 1. The maximum atomic E-state index is 10.4. The molecule has 1 atom stereocenters. The number of nitro groups is 1. The van der Waals surface area contributed by atoms with Crippen molar-refractivity contribution in [2.75, 3.05) is 0 Å². The Labute approximate surface area is 84.8 Å². The van der Waals surface area contributed by atoms with Crippen LogP contribution in [0.5, 0.6) is 0 Å². The summed E-state index contributed by atoms with van der Waals surface area (Å²) in [5, 5.41) is 19.2. The molecule has 72 valence electrons. The summed E-state index contributed by atoms with van der Waals surface area (Å²) in [7, 11) is 0. The first-order valence-corrected chi connectivity index (χ1v) is 4.03. The first kappa shape index (κ1) is 10.4. The predicted molar refractivity (Wildman–Crippen MR) is 50.6 cm³/mol. The molecular weight excluding hydrogens is 206 g/mol. The second-order valence-electron chi connectivity index (χ2n) is 2.57. The summed E-state index contributed by atoms with van der Waals surface area (Å²) in [6.45, 7) is 0. The molecule has 0 heterocycles. The molecule has 2 N–H and O–H groups in total. The van der Waals surface area contributed by atoms with Crippen LogP contribution in [-0.2, 0) is 0 Å². The molecule has 0 saturated carbocycles. The van der Waals surface area contributed by atoms with Gasteiger partial charge in [0.15, 0.2) is 0 Å². The number of non-ortho nitro benzene ring substituents is 1. The van der Waals surface area contributed by atoms with Gasteiger partial charge in [0.1, 0.15) is 6.04 Å². The van der Waals surface area contributed by atoms with Crippen LogP contribution in [0, 0.1) is 21.4 Å². The number of halogens is 1. The second-order valence-corrected chi connectivity index (χ2v) is 2.98. The number of rotatable bonds is 2. The van der Waals surface area contributed by atoms with Gasteiger partial charge < -0.3 is 5.73 Å². The number of nitro benzene ring substituents is 1. The van der Waals surface area contributed by atoms with Gasteiger partial charge in [-0.1, -0.05) is 11.6 Å². The maximum Gasteiger partial charge on any atom is 0.269 e. The molecule has 1 rings (SSSR count). The molecule has 0 spiro atoms. The predicted octanol–water partition coefficient (Wildman–Crippen LogP) is 1.77. The summed E-state index contributed by atoms with van der Waals surface area (Å²) < 4.78 is 0. The van der Waals surface area contributed by atoms with Crippen LogP contribution in [-0.4, -0.2) is 4.92 Å². The van der Waals surface area contributed by atoms with E-state index in [-0.39, 0.29) is 16.3 Å². The number of nitrogens with two attached hydrogens (primary N) is 1. The van der Waals surface area contributed by atoms with Gasteiger partial charge in [0.05, 0.1) is 11.0 Å². The summed E-state index contributed by atoms with van der Waals surface area (Å²) in [5.74, 6) is 0. The topological polar surface area (TPSA) is 93.0 Å². The molecular formula is C8H6ClN3O2. The highest BCUT2D eigenvalue weighted by atomic mass is 35.5. The number of hydrogen-bond acceptors (Lipinski definition) is 4. The average molecular weight is 212 g/mol. The van der Waals surface area contributed by atoms with Crippen LogP contribution < -0.4 is 5.73 Å². The van der Waals surface area contributed by atoms with Gasteiger partial charge in [0, 0.05) is 22.7 Å². The third-order valence-electron chi connectivity index (χ3n) is 1.66. The van der Waals surface area contributed by atoms with Gasteiger partial charge in [-0.05, 0) is 6.07 Å². The fraction of sp³-hybridized carbons (Fsp3) is 0.125. The quantitative estimate of drug-likeness (QED) is 0.596. The summed E-state index contributed by atoms with van der Waals surface area (Å²) in [4.78, 5) is 9.85. The highest BCUT2D eigenvalue weighted by molar-refractivity contribution is 6.31. The lowest BCUT2D eigenvalue weighted by molar-refractivity contribution is -0.384. The number of hydrogen-bond donors (Lipinski definition) is 1. The molecule has 0 saturated heterocycles. The van der Waals surface area contributed by atoms with Crippen molar-refractivity contribution in [3.63, 3.8) is 0 Å². The third kappa shape index (κ3) is 1.99. The zero-order valence-corrected chi connectivity index (χ0v) is 7.73. The Morgan fingerprint density at radius 3 is 2.79 bits per heavy atom. The largest absolute Gasteiger partial charge is 0.312 e. The molecule has 0 aliphatic heterocycles. The van der Waals surface area contributed by atoms with Crippen LogP contribution >= 0.6 is 11.6 Å². The normalized spacial score (nSPS) is 11.8. The number of nitrogens with zero attached hydrogens (tertiary/aromatic N) is 2. The van der Waals surface area contributed by atoms with Crippen molar-refractivity contribution >= 4 is 17.3 Å². The summed E-state index contributed by atoms with van der Waals surface area (Å²) in [6, 6.07) is 4.63. The smallest absolute Gasteiger partial charge is 0.269 e. The molecule has 0 aliphatic rings. The average Bonchev–Trinajstić information content (AvgIpc) is 2.17. The van der Waals surface area contributed by atoms with E-state index in [1.165, 1.54) is 18.2 Å². The highest BCUT2D eigenvalue weighted by Gasteiger charge is 2.14. The Morgan fingerprint density at radius 1 is 1.64 bits per heavy atom. The Hall–Kier alpha value is -1.64. The fourth-order valence-corrected chi connectivity index (χ4v) is 1.19. The molecule has 14 heavy (non-hydrogen) atoms. The standard InChI is InChI=1S/C8H6ClN3O2/c9-7-2-1-5(12(13)14)3-6(7)8(11)4-10/h1-3,8H,11H2/t8-/m0/s1. The minimum Gasteiger partial charge on any atom is -0.312 e. The fourth-order valence-electron chi connectivity index (χ4n) is 0.953. The summed E-state index contributed by atoms with van der Waals surface area (Å²) >= 11 is 5.72.